The van der Waals surface area contributed by atoms with Crippen LogP contribution in [0.15, 0.2) is 54.6 Å². The molecule has 27 heavy (non-hydrogen) atoms. The van der Waals surface area contributed by atoms with Gasteiger partial charge in [0, 0.05) is 12.5 Å². The molecule has 0 heterocycles. The van der Waals surface area contributed by atoms with Crippen molar-refractivity contribution in [2.45, 2.75) is 70.5 Å². The minimum atomic E-state index is -0.648. The molecule has 0 spiro atoms. The van der Waals surface area contributed by atoms with Gasteiger partial charge in [0.25, 0.3) is 0 Å². The van der Waals surface area contributed by atoms with E-state index in [0.29, 0.717) is 0 Å². The highest BCUT2D eigenvalue weighted by Crippen LogP contribution is 2.35. The van der Waals surface area contributed by atoms with Crippen LogP contribution in [0.5, 0.6) is 0 Å². The average Bonchev–Trinajstić information content (AvgIpc) is 2.70. The molecule has 0 aromatic heterocycles. The molecule has 2 aromatic rings. The van der Waals surface area contributed by atoms with Gasteiger partial charge in [-0.2, -0.15) is 0 Å². The molecule has 1 aliphatic rings. The Morgan fingerprint density at radius 2 is 1.63 bits per heavy atom. The normalized spacial score (nSPS) is 20.1. The lowest BCUT2D eigenvalue weighted by Crippen LogP contribution is -2.25. The summed E-state index contributed by atoms with van der Waals surface area (Å²) in [5.74, 6) is 0.124. The highest BCUT2D eigenvalue weighted by molar-refractivity contribution is 5.26. The van der Waals surface area contributed by atoms with Crippen molar-refractivity contribution in [2.24, 2.45) is 0 Å². The molecule has 0 saturated heterocycles. The summed E-state index contributed by atoms with van der Waals surface area (Å²) in [7, 11) is 0. The van der Waals surface area contributed by atoms with Crippen molar-refractivity contribution in [2.75, 3.05) is 13.1 Å². The predicted molar refractivity (Wildman–Crippen MR) is 113 cm³/mol. The molecule has 0 aliphatic heterocycles. The number of hydrogen-bond acceptors (Lipinski definition) is 1. The van der Waals surface area contributed by atoms with E-state index >= 15 is 0 Å². The van der Waals surface area contributed by atoms with E-state index in [9.17, 15) is 4.39 Å². The zero-order valence-electron chi connectivity index (χ0n) is 16.7. The molecule has 0 bridgehead atoms. The summed E-state index contributed by atoms with van der Waals surface area (Å²) in [5.41, 5.74) is 3.97. The van der Waals surface area contributed by atoms with Crippen molar-refractivity contribution in [1.82, 2.24) is 4.90 Å². The van der Waals surface area contributed by atoms with Gasteiger partial charge in [0.2, 0.25) is 0 Å². The zero-order chi connectivity index (χ0) is 18.9. The molecule has 1 fully saturated rings. The Hall–Kier alpha value is -1.67. The Morgan fingerprint density at radius 3 is 2.33 bits per heavy atom. The van der Waals surface area contributed by atoms with Crippen LogP contribution in [0.4, 0.5) is 4.39 Å². The summed E-state index contributed by atoms with van der Waals surface area (Å²) in [4.78, 5) is 2.55. The van der Waals surface area contributed by atoms with Gasteiger partial charge in [-0.15, -0.1) is 0 Å². The Bertz CT molecular complexity index is 652. The van der Waals surface area contributed by atoms with Gasteiger partial charge in [-0.1, -0.05) is 74.4 Å². The SMILES string of the molecule is CCCN(CCCc1ccc(C2CCCCC2F)cc1)Cc1ccccc1. The molecule has 2 atom stereocenters. The Kier molecular flexibility index (Phi) is 7.89. The minimum Gasteiger partial charge on any atom is -0.299 e. The molecule has 0 amide bonds. The zero-order valence-corrected chi connectivity index (χ0v) is 16.7. The van der Waals surface area contributed by atoms with Crippen molar-refractivity contribution in [3.8, 4) is 0 Å². The van der Waals surface area contributed by atoms with E-state index in [0.717, 1.165) is 45.3 Å². The summed E-state index contributed by atoms with van der Waals surface area (Å²) in [6, 6.07) is 19.5. The first-order valence-corrected chi connectivity index (χ1v) is 10.8. The first-order valence-electron chi connectivity index (χ1n) is 10.8. The van der Waals surface area contributed by atoms with E-state index in [4.69, 9.17) is 0 Å². The number of aryl methyl sites for hydroxylation is 1. The van der Waals surface area contributed by atoms with Crippen LogP contribution >= 0.6 is 0 Å². The van der Waals surface area contributed by atoms with Crippen LogP contribution in [0.25, 0.3) is 0 Å². The number of halogens is 1. The van der Waals surface area contributed by atoms with Crippen LogP contribution in [0.2, 0.25) is 0 Å². The third kappa shape index (κ3) is 6.17. The molecule has 0 N–H and O–H groups in total. The summed E-state index contributed by atoms with van der Waals surface area (Å²) in [6.07, 6.45) is 6.76. The fourth-order valence-electron chi connectivity index (χ4n) is 4.33. The quantitative estimate of drug-likeness (QED) is 0.487. The molecule has 1 nitrogen and oxygen atoms in total. The standard InChI is InChI=1S/C25H34FN/c1-2-18-27(20-22-9-4-3-5-10-22)19-8-11-21-14-16-23(17-15-21)24-12-6-7-13-25(24)26/h3-5,9-10,14-17,24-25H,2,6-8,11-13,18-20H2,1H3. The van der Waals surface area contributed by atoms with Gasteiger partial charge in [-0.05, 0) is 61.9 Å². The second kappa shape index (κ2) is 10.6. The van der Waals surface area contributed by atoms with E-state index in [-0.39, 0.29) is 5.92 Å². The minimum absolute atomic E-state index is 0.124. The second-order valence-corrected chi connectivity index (χ2v) is 8.01. The largest absolute Gasteiger partial charge is 0.299 e. The third-order valence-corrected chi connectivity index (χ3v) is 5.82. The summed E-state index contributed by atoms with van der Waals surface area (Å²) in [5, 5.41) is 0. The molecule has 2 aromatic carbocycles. The maximum Gasteiger partial charge on any atom is 0.107 e. The van der Waals surface area contributed by atoms with Gasteiger partial charge < -0.3 is 0 Å². The first-order chi connectivity index (χ1) is 13.3. The lowest BCUT2D eigenvalue weighted by atomic mass is 9.82. The lowest BCUT2D eigenvalue weighted by Gasteiger charge is -2.26. The molecule has 3 rings (SSSR count). The van der Waals surface area contributed by atoms with Crippen LogP contribution in [0.3, 0.4) is 0 Å². The van der Waals surface area contributed by atoms with E-state index in [1.807, 2.05) is 0 Å². The number of nitrogens with zero attached hydrogens (tertiary/aromatic N) is 1. The van der Waals surface area contributed by atoms with Gasteiger partial charge in [-0.3, -0.25) is 4.90 Å². The number of hydrogen-bond donors (Lipinski definition) is 0. The van der Waals surface area contributed by atoms with Gasteiger partial charge >= 0.3 is 0 Å². The van der Waals surface area contributed by atoms with Crippen LogP contribution in [0, 0.1) is 0 Å². The number of rotatable bonds is 9. The molecule has 0 radical (unpaired) electrons. The van der Waals surface area contributed by atoms with Gasteiger partial charge in [0.1, 0.15) is 6.17 Å². The second-order valence-electron chi connectivity index (χ2n) is 8.01. The third-order valence-electron chi connectivity index (χ3n) is 5.82. The molecule has 1 saturated carbocycles. The summed E-state index contributed by atoms with van der Waals surface area (Å²) in [6.45, 7) is 5.56. The highest BCUT2D eigenvalue weighted by atomic mass is 19.1. The predicted octanol–water partition coefficient (Wildman–Crippen LogP) is 6.53. The van der Waals surface area contributed by atoms with Crippen LogP contribution in [0.1, 0.15) is 68.1 Å². The smallest absolute Gasteiger partial charge is 0.107 e. The van der Waals surface area contributed by atoms with Gasteiger partial charge in [-0.25, -0.2) is 4.39 Å². The van der Waals surface area contributed by atoms with Gasteiger partial charge in [0.05, 0.1) is 0 Å². The molecule has 2 unspecified atom stereocenters. The van der Waals surface area contributed by atoms with Crippen molar-refractivity contribution >= 4 is 0 Å². The fraction of sp³-hybridized carbons (Fsp3) is 0.520. The number of alkyl halides is 1. The topological polar surface area (TPSA) is 3.24 Å². The van der Waals surface area contributed by atoms with E-state index < -0.39 is 6.17 Å². The summed E-state index contributed by atoms with van der Waals surface area (Å²) >= 11 is 0. The van der Waals surface area contributed by atoms with E-state index in [1.54, 1.807) is 0 Å². The van der Waals surface area contributed by atoms with E-state index in [2.05, 4.69) is 66.4 Å². The fourth-order valence-corrected chi connectivity index (χ4v) is 4.33. The molecule has 146 valence electrons. The molecular formula is C25H34FN. The monoisotopic (exact) mass is 367 g/mol. The number of benzene rings is 2. The maximum absolute atomic E-state index is 14.2. The highest BCUT2D eigenvalue weighted by Gasteiger charge is 2.25. The molecule has 2 heteroatoms. The Labute approximate surface area is 164 Å². The average molecular weight is 368 g/mol. The van der Waals surface area contributed by atoms with Crippen LogP contribution < -0.4 is 0 Å². The van der Waals surface area contributed by atoms with E-state index in [1.165, 1.54) is 36.0 Å². The summed E-state index contributed by atoms with van der Waals surface area (Å²) < 4.78 is 14.2. The van der Waals surface area contributed by atoms with Crippen molar-refractivity contribution in [3.05, 3.63) is 71.3 Å². The van der Waals surface area contributed by atoms with Crippen LogP contribution in [-0.2, 0) is 13.0 Å². The van der Waals surface area contributed by atoms with Crippen molar-refractivity contribution < 1.29 is 4.39 Å². The Morgan fingerprint density at radius 1 is 0.889 bits per heavy atom. The Balaban J connectivity index is 1.48. The lowest BCUT2D eigenvalue weighted by molar-refractivity contribution is 0.216. The first kappa shape index (κ1) is 20.1. The van der Waals surface area contributed by atoms with Crippen molar-refractivity contribution in [3.63, 3.8) is 0 Å². The molecule has 1 aliphatic carbocycles. The molecular weight excluding hydrogens is 333 g/mol. The van der Waals surface area contributed by atoms with Gasteiger partial charge in [0.15, 0.2) is 0 Å². The maximum atomic E-state index is 14.2. The van der Waals surface area contributed by atoms with Crippen molar-refractivity contribution in [1.29, 1.82) is 0 Å². The van der Waals surface area contributed by atoms with Crippen LogP contribution in [-0.4, -0.2) is 24.2 Å².